The molecule has 0 aliphatic carbocycles. The molecule has 1 nitrogen and oxygen atoms in total. The minimum atomic E-state index is 0.182. The molecule has 2 N–H and O–H groups in total. The van der Waals surface area contributed by atoms with Gasteiger partial charge in [-0.25, -0.2) is 0 Å². The van der Waals surface area contributed by atoms with Gasteiger partial charge in [0.25, 0.3) is 0 Å². The predicted octanol–water partition coefficient (Wildman–Crippen LogP) is 3.04. The van der Waals surface area contributed by atoms with Gasteiger partial charge in [-0.1, -0.05) is 36.4 Å². The highest BCUT2D eigenvalue weighted by molar-refractivity contribution is 5.18. The molecule has 1 heteroatoms. The summed E-state index contributed by atoms with van der Waals surface area (Å²) >= 11 is 0. The minimum absolute atomic E-state index is 0.182. The van der Waals surface area contributed by atoms with Gasteiger partial charge in [0.1, 0.15) is 0 Å². The summed E-state index contributed by atoms with van der Waals surface area (Å²) in [5.41, 5.74) is 7.23. The first-order valence-electron chi connectivity index (χ1n) is 4.76. The first kappa shape index (κ1) is 10.0. The van der Waals surface area contributed by atoms with Crippen molar-refractivity contribution in [3.8, 4) is 0 Å². The molecule has 0 radical (unpaired) electrons. The molecule has 0 bridgehead atoms. The van der Waals surface area contributed by atoms with Crippen LogP contribution < -0.4 is 5.73 Å². The van der Waals surface area contributed by atoms with E-state index in [-0.39, 0.29) is 6.04 Å². The van der Waals surface area contributed by atoms with E-state index in [1.165, 1.54) is 5.56 Å². The van der Waals surface area contributed by atoms with Crippen LogP contribution in [0.5, 0.6) is 0 Å². The Morgan fingerprint density at radius 2 is 2.00 bits per heavy atom. The van der Waals surface area contributed by atoms with E-state index in [1.807, 2.05) is 24.3 Å². The first-order chi connectivity index (χ1) is 6.34. The monoisotopic (exact) mass is 175 g/mol. The van der Waals surface area contributed by atoms with Crippen LogP contribution in [-0.4, -0.2) is 0 Å². The standard InChI is InChI=1S/C12H17N/c1-2-3-5-10-12(13)11-8-6-4-7-9-11/h2,4,6-9,12H,1,3,5,10,13H2/t12-/m1/s1. The Labute approximate surface area is 80.3 Å². The molecule has 0 unspecified atom stereocenters. The maximum atomic E-state index is 6.00. The molecule has 0 amide bonds. The fourth-order valence-electron chi connectivity index (χ4n) is 1.35. The van der Waals surface area contributed by atoms with Crippen molar-refractivity contribution in [2.45, 2.75) is 25.3 Å². The van der Waals surface area contributed by atoms with Crippen LogP contribution in [-0.2, 0) is 0 Å². The highest BCUT2D eigenvalue weighted by atomic mass is 14.6. The number of nitrogens with two attached hydrogens (primary N) is 1. The summed E-state index contributed by atoms with van der Waals surface area (Å²) in [7, 11) is 0. The molecule has 0 spiro atoms. The quantitative estimate of drug-likeness (QED) is 0.540. The summed E-state index contributed by atoms with van der Waals surface area (Å²) in [4.78, 5) is 0. The van der Waals surface area contributed by atoms with E-state index in [1.54, 1.807) is 0 Å². The Balaban J connectivity index is 2.39. The topological polar surface area (TPSA) is 26.0 Å². The number of benzene rings is 1. The van der Waals surface area contributed by atoms with Crippen LogP contribution in [0.4, 0.5) is 0 Å². The third-order valence-electron chi connectivity index (χ3n) is 2.15. The fraction of sp³-hybridized carbons (Fsp3) is 0.333. The summed E-state index contributed by atoms with van der Waals surface area (Å²) < 4.78 is 0. The lowest BCUT2D eigenvalue weighted by Gasteiger charge is -2.10. The van der Waals surface area contributed by atoms with Crippen molar-refractivity contribution in [1.29, 1.82) is 0 Å². The molecule has 0 saturated heterocycles. The highest BCUT2D eigenvalue weighted by Gasteiger charge is 2.02. The zero-order chi connectivity index (χ0) is 9.52. The lowest BCUT2D eigenvalue weighted by molar-refractivity contribution is 0.617. The Morgan fingerprint density at radius 1 is 1.31 bits per heavy atom. The van der Waals surface area contributed by atoms with E-state index in [0.717, 1.165) is 19.3 Å². The molecule has 1 aromatic carbocycles. The number of allylic oxidation sites excluding steroid dienone is 1. The molecule has 1 atom stereocenters. The maximum Gasteiger partial charge on any atom is 0.0294 e. The Kier molecular flexibility index (Phi) is 4.27. The predicted molar refractivity (Wildman–Crippen MR) is 57.4 cm³/mol. The fourth-order valence-corrected chi connectivity index (χ4v) is 1.35. The Morgan fingerprint density at radius 3 is 2.62 bits per heavy atom. The molecule has 70 valence electrons. The van der Waals surface area contributed by atoms with Crippen molar-refractivity contribution in [1.82, 2.24) is 0 Å². The molecule has 13 heavy (non-hydrogen) atoms. The second-order valence-electron chi connectivity index (χ2n) is 3.24. The molecule has 0 fully saturated rings. The van der Waals surface area contributed by atoms with Crippen LogP contribution in [0, 0.1) is 0 Å². The maximum absolute atomic E-state index is 6.00. The van der Waals surface area contributed by atoms with Gasteiger partial charge in [-0.15, -0.1) is 6.58 Å². The molecule has 1 aromatic rings. The Hall–Kier alpha value is -1.08. The van der Waals surface area contributed by atoms with Crippen molar-refractivity contribution < 1.29 is 0 Å². The van der Waals surface area contributed by atoms with E-state index in [4.69, 9.17) is 5.73 Å². The van der Waals surface area contributed by atoms with Crippen LogP contribution in [0.25, 0.3) is 0 Å². The van der Waals surface area contributed by atoms with E-state index >= 15 is 0 Å². The molecule has 0 aromatic heterocycles. The minimum Gasteiger partial charge on any atom is -0.324 e. The van der Waals surface area contributed by atoms with Gasteiger partial charge in [-0.3, -0.25) is 0 Å². The van der Waals surface area contributed by atoms with Crippen molar-refractivity contribution in [2.75, 3.05) is 0 Å². The molecular weight excluding hydrogens is 158 g/mol. The van der Waals surface area contributed by atoms with Gasteiger partial charge >= 0.3 is 0 Å². The number of hydrogen-bond acceptors (Lipinski definition) is 1. The van der Waals surface area contributed by atoms with Gasteiger partial charge in [-0.05, 0) is 24.8 Å². The van der Waals surface area contributed by atoms with Gasteiger partial charge in [0.05, 0.1) is 0 Å². The van der Waals surface area contributed by atoms with Gasteiger partial charge < -0.3 is 5.73 Å². The zero-order valence-electron chi connectivity index (χ0n) is 7.95. The molecular formula is C12H17N. The summed E-state index contributed by atoms with van der Waals surface area (Å²) in [6.07, 6.45) is 5.16. The summed E-state index contributed by atoms with van der Waals surface area (Å²) in [5.74, 6) is 0. The lowest BCUT2D eigenvalue weighted by Crippen LogP contribution is -2.09. The summed E-state index contributed by atoms with van der Waals surface area (Å²) in [5, 5.41) is 0. The normalized spacial score (nSPS) is 12.4. The number of hydrogen-bond donors (Lipinski definition) is 1. The van der Waals surface area contributed by atoms with Crippen molar-refractivity contribution in [2.24, 2.45) is 5.73 Å². The average molecular weight is 175 g/mol. The largest absolute Gasteiger partial charge is 0.324 e. The van der Waals surface area contributed by atoms with Crippen molar-refractivity contribution in [3.63, 3.8) is 0 Å². The Bertz CT molecular complexity index is 241. The second-order valence-corrected chi connectivity index (χ2v) is 3.24. The summed E-state index contributed by atoms with van der Waals surface area (Å²) in [6, 6.07) is 10.4. The number of rotatable bonds is 5. The lowest BCUT2D eigenvalue weighted by atomic mass is 10.0. The highest BCUT2D eigenvalue weighted by Crippen LogP contribution is 2.15. The molecule has 1 rings (SSSR count). The first-order valence-corrected chi connectivity index (χ1v) is 4.76. The van der Waals surface area contributed by atoms with E-state index in [0.29, 0.717) is 0 Å². The third kappa shape index (κ3) is 3.43. The van der Waals surface area contributed by atoms with Crippen LogP contribution in [0.1, 0.15) is 30.9 Å². The van der Waals surface area contributed by atoms with Crippen molar-refractivity contribution in [3.05, 3.63) is 48.6 Å². The van der Waals surface area contributed by atoms with Gasteiger partial charge in [0.15, 0.2) is 0 Å². The average Bonchev–Trinajstić information content (AvgIpc) is 2.19. The molecule has 0 saturated carbocycles. The molecule has 0 aliphatic rings. The molecule has 0 aliphatic heterocycles. The third-order valence-corrected chi connectivity index (χ3v) is 2.15. The van der Waals surface area contributed by atoms with Crippen LogP contribution >= 0.6 is 0 Å². The van der Waals surface area contributed by atoms with Crippen LogP contribution in [0.2, 0.25) is 0 Å². The van der Waals surface area contributed by atoms with Crippen LogP contribution in [0.3, 0.4) is 0 Å². The van der Waals surface area contributed by atoms with Gasteiger partial charge in [-0.2, -0.15) is 0 Å². The zero-order valence-corrected chi connectivity index (χ0v) is 7.95. The van der Waals surface area contributed by atoms with Crippen molar-refractivity contribution >= 4 is 0 Å². The SMILES string of the molecule is C=CCCC[C@@H](N)c1ccccc1. The van der Waals surface area contributed by atoms with E-state index < -0.39 is 0 Å². The second kappa shape index (κ2) is 5.55. The van der Waals surface area contributed by atoms with Gasteiger partial charge in [0, 0.05) is 6.04 Å². The molecule has 0 heterocycles. The van der Waals surface area contributed by atoms with Gasteiger partial charge in [0.2, 0.25) is 0 Å². The summed E-state index contributed by atoms with van der Waals surface area (Å²) in [6.45, 7) is 3.69. The number of unbranched alkanes of at least 4 members (excludes halogenated alkanes) is 1. The van der Waals surface area contributed by atoms with Crippen LogP contribution in [0.15, 0.2) is 43.0 Å². The van der Waals surface area contributed by atoms with E-state index in [9.17, 15) is 0 Å². The smallest absolute Gasteiger partial charge is 0.0294 e. The van der Waals surface area contributed by atoms with E-state index in [2.05, 4.69) is 18.7 Å².